The molecule has 0 radical (unpaired) electrons. The highest BCUT2D eigenvalue weighted by Gasteiger charge is 2.31. The van der Waals surface area contributed by atoms with E-state index in [0.717, 1.165) is 12.1 Å². The van der Waals surface area contributed by atoms with Crippen LogP contribution in [0.25, 0.3) is 6.08 Å². The van der Waals surface area contributed by atoms with Crippen LogP contribution in [0.1, 0.15) is 10.6 Å². The summed E-state index contributed by atoms with van der Waals surface area (Å²) >= 11 is 3.21. The highest BCUT2D eigenvalue weighted by Crippen LogP contribution is 2.32. The van der Waals surface area contributed by atoms with Gasteiger partial charge in [-0.3, -0.25) is 4.79 Å². The van der Waals surface area contributed by atoms with Crippen LogP contribution < -0.4 is 5.32 Å². The van der Waals surface area contributed by atoms with Crippen molar-refractivity contribution in [3.05, 3.63) is 50.0 Å². The third-order valence-electron chi connectivity index (χ3n) is 2.38. The molecule has 0 spiro atoms. The molecule has 0 fully saturated rings. The first kappa shape index (κ1) is 16.0. The molecule has 0 aliphatic heterocycles. The van der Waals surface area contributed by atoms with Gasteiger partial charge in [-0.15, -0.1) is 11.3 Å². The molecular formula is C13H8F3IN2OS. The van der Waals surface area contributed by atoms with Crippen molar-refractivity contribution in [2.75, 3.05) is 5.32 Å². The van der Waals surface area contributed by atoms with Gasteiger partial charge in [0.25, 0.3) is 0 Å². The lowest BCUT2D eigenvalue weighted by Gasteiger charge is -2.10. The molecule has 1 heterocycles. The van der Waals surface area contributed by atoms with E-state index in [1.165, 1.54) is 29.6 Å². The normalized spacial score (nSPS) is 11.8. The topological polar surface area (TPSA) is 42.0 Å². The van der Waals surface area contributed by atoms with Gasteiger partial charge in [-0.25, -0.2) is 4.98 Å². The average molecular weight is 424 g/mol. The number of rotatable bonds is 3. The molecule has 0 saturated carbocycles. The minimum absolute atomic E-state index is 0.124. The largest absolute Gasteiger partial charge is 0.416 e. The number of anilines is 1. The van der Waals surface area contributed by atoms with Gasteiger partial charge in [-0.2, -0.15) is 13.2 Å². The Hall–Kier alpha value is -1.42. The Kier molecular flexibility index (Phi) is 4.99. The Bertz CT molecular complexity index is 669. The Morgan fingerprint density at radius 2 is 2.14 bits per heavy atom. The Morgan fingerprint density at radius 3 is 2.76 bits per heavy atom. The maximum absolute atomic E-state index is 12.6. The Balaban J connectivity index is 2.13. The van der Waals surface area contributed by atoms with Crippen molar-refractivity contribution in [3.63, 3.8) is 0 Å². The molecule has 1 aromatic carbocycles. The van der Waals surface area contributed by atoms with Crippen LogP contribution in [0.5, 0.6) is 0 Å². The van der Waals surface area contributed by atoms with Crippen molar-refractivity contribution >= 4 is 51.6 Å². The summed E-state index contributed by atoms with van der Waals surface area (Å²) in [5.41, 5.74) is -0.679. The lowest BCUT2D eigenvalue weighted by Crippen LogP contribution is -2.11. The van der Waals surface area contributed by atoms with Crippen molar-refractivity contribution in [3.8, 4) is 0 Å². The van der Waals surface area contributed by atoms with Gasteiger partial charge in [0.1, 0.15) is 5.01 Å². The number of thiazole rings is 1. The van der Waals surface area contributed by atoms with Crippen LogP contribution in [0.3, 0.4) is 0 Å². The maximum Gasteiger partial charge on any atom is 0.416 e. The predicted octanol–water partition coefficient (Wildman–Crippen LogP) is 4.42. The maximum atomic E-state index is 12.6. The molecule has 0 aliphatic carbocycles. The number of alkyl halides is 3. The Labute approximate surface area is 136 Å². The van der Waals surface area contributed by atoms with E-state index in [1.54, 1.807) is 11.6 Å². The van der Waals surface area contributed by atoms with Crippen LogP contribution in [0.2, 0.25) is 0 Å². The number of benzene rings is 1. The van der Waals surface area contributed by atoms with Crippen LogP contribution in [0.15, 0.2) is 35.9 Å². The van der Waals surface area contributed by atoms with Gasteiger partial charge in [-0.1, -0.05) is 0 Å². The fraction of sp³-hybridized carbons (Fsp3) is 0.0769. The van der Waals surface area contributed by atoms with E-state index in [-0.39, 0.29) is 5.69 Å². The van der Waals surface area contributed by atoms with Gasteiger partial charge in [0.2, 0.25) is 5.91 Å². The first-order valence-corrected chi connectivity index (χ1v) is 7.57. The smallest absolute Gasteiger partial charge is 0.322 e. The second-order valence-corrected chi connectivity index (χ2v) is 5.97. The van der Waals surface area contributed by atoms with Crippen LogP contribution in [0.4, 0.5) is 18.9 Å². The summed E-state index contributed by atoms with van der Waals surface area (Å²) in [6, 6.07) is 3.20. The second-order valence-electron chi connectivity index (χ2n) is 3.89. The monoisotopic (exact) mass is 424 g/mol. The standard InChI is InChI=1S/C13H8F3IN2OS/c14-13(15,16)8-1-2-9(17)10(7-8)19-11(20)3-4-12-18-5-6-21-12/h1-7H,(H,19,20)/b4-3+. The van der Waals surface area contributed by atoms with E-state index >= 15 is 0 Å². The van der Waals surface area contributed by atoms with Crippen molar-refractivity contribution in [2.45, 2.75) is 6.18 Å². The van der Waals surface area contributed by atoms with Crippen LogP contribution in [-0.2, 0) is 11.0 Å². The molecule has 2 aromatic rings. The zero-order valence-corrected chi connectivity index (χ0v) is 13.3. The highest BCUT2D eigenvalue weighted by molar-refractivity contribution is 14.1. The number of amides is 1. The first-order valence-electron chi connectivity index (χ1n) is 5.61. The molecule has 21 heavy (non-hydrogen) atoms. The van der Waals surface area contributed by atoms with Crippen molar-refractivity contribution in [1.82, 2.24) is 4.98 Å². The summed E-state index contributed by atoms with van der Waals surface area (Å²) in [5.74, 6) is -0.512. The van der Waals surface area contributed by atoms with Crippen molar-refractivity contribution in [1.29, 1.82) is 0 Å². The van der Waals surface area contributed by atoms with Crippen LogP contribution in [0, 0.1) is 3.57 Å². The molecule has 3 nitrogen and oxygen atoms in total. The molecule has 110 valence electrons. The molecule has 0 aliphatic rings. The number of hydrogen-bond acceptors (Lipinski definition) is 3. The highest BCUT2D eigenvalue weighted by atomic mass is 127. The van der Waals surface area contributed by atoms with Gasteiger partial charge in [-0.05, 0) is 46.9 Å². The number of carbonyl (C=O) groups is 1. The molecule has 0 saturated heterocycles. The number of nitrogens with zero attached hydrogens (tertiary/aromatic N) is 1. The SMILES string of the molecule is O=C(/C=C/c1nccs1)Nc1cc(C(F)(F)F)ccc1I. The summed E-state index contributed by atoms with van der Waals surface area (Å²) in [6.45, 7) is 0. The molecule has 0 atom stereocenters. The number of aromatic nitrogens is 1. The zero-order valence-electron chi connectivity index (χ0n) is 10.3. The van der Waals surface area contributed by atoms with E-state index in [0.29, 0.717) is 8.58 Å². The molecule has 1 aromatic heterocycles. The van der Waals surface area contributed by atoms with Gasteiger partial charge < -0.3 is 5.32 Å². The quantitative estimate of drug-likeness (QED) is 0.586. The van der Waals surface area contributed by atoms with Gasteiger partial charge in [0.15, 0.2) is 0 Å². The number of hydrogen-bond donors (Lipinski definition) is 1. The summed E-state index contributed by atoms with van der Waals surface area (Å²) in [6.07, 6.45) is -0.117. The van der Waals surface area contributed by atoms with E-state index in [9.17, 15) is 18.0 Å². The lowest BCUT2D eigenvalue weighted by atomic mass is 10.2. The summed E-state index contributed by atoms with van der Waals surface area (Å²) in [7, 11) is 0. The van der Waals surface area contributed by atoms with Crippen LogP contribution in [-0.4, -0.2) is 10.9 Å². The first-order chi connectivity index (χ1) is 9.86. The van der Waals surface area contributed by atoms with Crippen molar-refractivity contribution < 1.29 is 18.0 Å². The van der Waals surface area contributed by atoms with Gasteiger partial charge in [0.05, 0.1) is 11.3 Å². The fourth-order valence-corrected chi connectivity index (χ4v) is 2.44. The summed E-state index contributed by atoms with van der Waals surface area (Å²) in [4.78, 5) is 15.7. The number of nitrogens with one attached hydrogen (secondary N) is 1. The third kappa shape index (κ3) is 4.53. The lowest BCUT2D eigenvalue weighted by molar-refractivity contribution is -0.137. The van der Waals surface area contributed by atoms with E-state index in [1.807, 2.05) is 22.6 Å². The molecule has 0 unspecified atom stereocenters. The number of halogens is 4. The molecule has 0 bridgehead atoms. The molecule has 1 amide bonds. The molecular weight excluding hydrogens is 416 g/mol. The zero-order chi connectivity index (χ0) is 15.5. The van der Waals surface area contributed by atoms with Gasteiger partial charge >= 0.3 is 6.18 Å². The number of carbonyl (C=O) groups excluding carboxylic acids is 1. The Morgan fingerprint density at radius 1 is 1.38 bits per heavy atom. The van der Waals surface area contributed by atoms with Crippen LogP contribution >= 0.6 is 33.9 Å². The van der Waals surface area contributed by atoms with E-state index in [2.05, 4.69) is 10.3 Å². The van der Waals surface area contributed by atoms with Crippen molar-refractivity contribution in [2.24, 2.45) is 0 Å². The fourth-order valence-electron chi connectivity index (χ4n) is 1.44. The summed E-state index contributed by atoms with van der Waals surface area (Å²) in [5, 5.41) is 4.83. The minimum Gasteiger partial charge on any atom is -0.322 e. The second kappa shape index (κ2) is 6.56. The molecule has 8 heteroatoms. The summed E-state index contributed by atoms with van der Waals surface area (Å²) < 4.78 is 38.4. The average Bonchev–Trinajstić information content (AvgIpc) is 2.91. The van der Waals surface area contributed by atoms with E-state index in [4.69, 9.17) is 0 Å². The molecule has 1 N–H and O–H groups in total. The minimum atomic E-state index is -4.44. The van der Waals surface area contributed by atoms with Gasteiger partial charge in [0, 0.05) is 21.2 Å². The predicted molar refractivity (Wildman–Crippen MR) is 83.9 cm³/mol. The molecule has 2 rings (SSSR count). The van der Waals surface area contributed by atoms with E-state index < -0.39 is 17.6 Å². The third-order valence-corrected chi connectivity index (χ3v) is 4.06.